The van der Waals surface area contributed by atoms with Gasteiger partial charge in [-0.2, -0.15) is 8.42 Å². The first-order valence-corrected chi connectivity index (χ1v) is 5.83. The SMILES string of the molecule is Nc1cccc2ccc(O)c(S(=O)(=O)O)c12. The molecule has 0 spiro atoms. The van der Waals surface area contributed by atoms with Crippen molar-refractivity contribution in [3.05, 3.63) is 30.3 Å². The maximum Gasteiger partial charge on any atom is 0.298 e. The maximum absolute atomic E-state index is 11.2. The molecule has 2 rings (SSSR count). The Hall–Kier alpha value is -1.79. The van der Waals surface area contributed by atoms with Gasteiger partial charge in [-0.3, -0.25) is 4.55 Å². The molecule has 0 aliphatic heterocycles. The van der Waals surface area contributed by atoms with Crippen molar-refractivity contribution < 1.29 is 18.1 Å². The van der Waals surface area contributed by atoms with Crippen molar-refractivity contribution in [3.63, 3.8) is 0 Å². The Morgan fingerprint density at radius 2 is 1.81 bits per heavy atom. The topological polar surface area (TPSA) is 101 Å². The molecule has 0 saturated carbocycles. The zero-order valence-corrected chi connectivity index (χ0v) is 8.90. The lowest BCUT2D eigenvalue weighted by Gasteiger charge is -2.08. The number of benzene rings is 2. The van der Waals surface area contributed by atoms with E-state index >= 15 is 0 Å². The number of hydrogen-bond donors (Lipinski definition) is 3. The van der Waals surface area contributed by atoms with Crippen LogP contribution in [0.25, 0.3) is 10.8 Å². The number of anilines is 1. The van der Waals surface area contributed by atoms with Gasteiger partial charge in [-0.15, -0.1) is 0 Å². The molecule has 0 aromatic heterocycles. The quantitative estimate of drug-likeness (QED) is 0.515. The first kappa shape index (κ1) is 10.7. The molecule has 0 fully saturated rings. The number of nitrogens with two attached hydrogens (primary N) is 1. The minimum absolute atomic E-state index is 0.130. The Kier molecular flexibility index (Phi) is 2.25. The van der Waals surface area contributed by atoms with E-state index in [1.54, 1.807) is 12.1 Å². The van der Waals surface area contributed by atoms with Gasteiger partial charge in [0, 0.05) is 11.1 Å². The second kappa shape index (κ2) is 3.36. The summed E-state index contributed by atoms with van der Waals surface area (Å²) in [5, 5.41) is 10.1. The third-order valence-electron chi connectivity index (χ3n) is 2.27. The van der Waals surface area contributed by atoms with Crippen LogP contribution in [-0.2, 0) is 10.1 Å². The van der Waals surface area contributed by atoms with Gasteiger partial charge in [0.2, 0.25) is 0 Å². The first-order valence-electron chi connectivity index (χ1n) is 4.39. The van der Waals surface area contributed by atoms with Crippen molar-refractivity contribution in [2.75, 3.05) is 5.73 Å². The van der Waals surface area contributed by atoms with Gasteiger partial charge in [-0.25, -0.2) is 0 Å². The van der Waals surface area contributed by atoms with E-state index in [9.17, 15) is 13.5 Å². The largest absolute Gasteiger partial charge is 0.506 e. The van der Waals surface area contributed by atoms with Crippen molar-refractivity contribution in [1.29, 1.82) is 0 Å². The zero-order chi connectivity index (χ0) is 11.9. The molecule has 2 aromatic rings. The maximum atomic E-state index is 11.2. The van der Waals surface area contributed by atoms with E-state index in [1.807, 2.05) is 0 Å². The van der Waals surface area contributed by atoms with Crippen molar-refractivity contribution in [1.82, 2.24) is 0 Å². The van der Waals surface area contributed by atoms with Crippen LogP contribution in [0.1, 0.15) is 0 Å². The molecule has 0 atom stereocenters. The van der Waals surface area contributed by atoms with Crippen LogP contribution in [0.4, 0.5) is 5.69 Å². The molecule has 0 heterocycles. The Balaban J connectivity index is 3.07. The van der Waals surface area contributed by atoms with Crippen molar-refractivity contribution in [3.8, 4) is 5.75 Å². The number of phenols is 1. The highest BCUT2D eigenvalue weighted by molar-refractivity contribution is 7.86. The molecule has 0 saturated heterocycles. The molecule has 5 nitrogen and oxygen atoms in total. The van der Waals surface area contributed by atoms with Crippen molar-refractivity contribution in [2.45, 2.75) is 4.90 Å². The lowest BCUT2D eigenvalue weighted by molar-refractivity contribution is 0.445. The van der Waals surface area contributed by atoms with Crippen LogP contribution in [0.3, 0.4) is 0 Å². The van der Waals surface area contributed by atoms with Gasteiger partial charge < -0.3 is 10.8 Å². The molecule has 4 N–H and O–H groups in total. The Labute approximate surface area is 91.9 Å². The molecule has 0 radical (unpaired) electrons. The van der Waals surface area contributed by atoms with E-state index < -0.39 is 20.8 Å². The van der Waals surface area contributed by atoms with Crippen LogP contribution < -0.4 is 5.73 Å². The predicted molar refractivity (Wildman–Crippen MR) is 59.8 cm³/mol. The number of nitrogen functional groups attached to an aromatic ring is 1. The van der Waals surface area contributed by atoms with Crippen LogP contribution in [0.2, 0.25) is 0 Å². The van der Waals surface area contributed by atoms with Crippen LogP contribution in [-0.4, -0.2) is 18.1 Å². The summed E-state index contributed by atoms with van der Waals surface area (Å²) in [6, 6.07) is 7.51. The lowest BCUT2D eigenvalue weighted by atomic mass is 10.1. The number of hydrogen-bond acceptors (Lipinski definition) is 4. The minimum atomic E-state index is -4.51. The standard InChI is InChI=1S/C10H9NO4S/c11-7-3-1-2-6-4-5-8(12)10(9(6)7)16(13,14)15/h1-5,12H,11H2,(H,13,14,15). The highest BCUT2D eigenvalue weighted by atomic mass is 32.2. The molecule has 0 aliphatic rings. The zero-order valence-electron chi connectivity index (χ0n) is 8.08. The second-order valence-corrected chi connectivity index (χ2v) is 4.69. The summed E-state index contributed by atoms with van der Waals surface area (Å²) in [4.78, 5) is -0.553. The molecular formula is C10H9NO4S. The van der Waals surface area contributed by atoms with Gasteiger partial charge in [0.1, 0.15) is 10.6 Å². The Bertz CT molecular complexity index is 664. The minimum Gasteiger partial charge on any atom is -0.506 e. The fraction of sp³-hybridized carbons (Fsp3) is 0. The van der Waals surface area contributed by atoms with Crippen LogP contribution in [0, 0.1) is 0 Å². The van der Waals surface area contributed by atoms with E-state index in [1.165, 1.54) is 18.2 Å². The molecule has 6 heteroatoms. The predicted octanol–water partition coefficient (Wildman–Crippen LogP) is 1.37. The second-order valence-electron chi connectivity index (χ2n) is 3.33. The molecule has 0 amide bonds. The van der Waals surface area contributed by atoms with Gasteiger partial charge in [0.15, 0.2) is 0 Å². The first-order chi connectivity index (χ1) is 7.41. The Morgan fingerprint density at radius 1 is 1.12 bits per heavy atom. The van der Waals surface area contributed by atoms with Gasteiger partial charge in [0.25, 0.3) is 10.1 Å². The highest BCUT2D eigenvalue weighted by Gasteiger charge is 2.20. The highest BCUT2D eigenvalue weighted by Crippen LogP contribution is 2.34. The lowest BCUT2D eigenvalue weighted by Crippen LogP contribution is -2.01. The summed E-state index contributed by atoms with van der Waals surface area (Å²) >= 11 is 0. The number of rotatable bonds is 1. The molecule has 2 aromatic carbocycles. The summed E-state index contributed by atoms with van der Waals surface area (Å²) in [5.74, 6) is -0.520. The number of aromatic hydroxyl groups is 1. The van der Waals surface area contributed by atoms with Gasteiger partial charge in [-0.1, -0.05) is 18.2 Å². The third kappa shape index (κ3) is 1.58. The van der Waals surface area contributed by atoms with E-state index in [2.05, 4.69) is 0 Å². The van der Waals surface area contributed by atoms with Crippen LogP contribution in [0.5, 0.6) is 5.75 Å². The van der Waals surface area contributed by atoms with E-state index in [-0.39, 0.29) is 11.1 Å². The average Bonchev–Trinajstić information content (AvgIpc) is 2.17. The fourth-order valence-corrected chi connectivity index (χ4v) is 2.45. The number of phenolic OH excluding ortho intramolecular Hbond substituents is 1. The third-order valence-corrected chi connectivity index (χ3v) is 3.20. The Morgan fingerprint density at radius 3 is 2.44 bits per heavy atom. The monoisotopic (exact) mass is 239 g/mol. The summed E-state index contributed by atoms with van der Waals surface area (Å²) in [6.07, 6.45) is 0. The molecule has 84 valence electrons. The van der Waals surface area contributed by atoms with Gasteiger partial charge in [-0.05, 0) is 17.5 Å². The van der Waals surface area contributed by atoms with Crippen LogP contribution in [0.15, 0.2) is 35.2 Å². The normalized spacial score (nSPS) is 11.8. The molecule has 16 heavy (non-hydrogen) atoms. The van der Waals surface area contributed by atoms with Gasteiger partial charge in [0.05, 0.1) is 0 Å². The summed E-state index contributed by atoms with van der Waals surface area (Å²) in [7, 11) is -4.51. The van der Waals surface area contributed by atoms with Crippen molar-refractivity contribution in [2.24, 2.45) is 0 Å². The summed E-state index contributed by atoms with van der Waals surface area (Å²) in [6.45, 7) is 0. The van der Waals surface area contributed by atoms with E-state index in [0.29, 0.717) is 5.39 Å². The number of fused-ring (bicyclic) bond motifs is 1. The molecule has 0 bridgehead atoms. The van der Waals surface area contributed by atoms with E-state index in [4.69, 9.17) is 10.3 Å². The van der Waals surface area contributed by atoms with Gasteiger partial charge >= 0.3 is 0 Å². The average molecular weight is 239 g/mol. The van der Waals surface area contributed by atoms with Crippen LogP contribution >= 0.6 is 0 Å². The molecular weight excluding hydrogens is 230 g/mol. The molecule has 0 aliphatic carbocycles. The fourth-order valence-electron chi connectivity index (χ4n) is 1.62. The van der Waals surface area contributed by atoms with E-state index in [0.717, 1.165) is 0 Å². The molecule has 0 unspecified atom stereocenters. The summed E-state index contributed by atoms with van der Waals surface area (Å²) in [5.41, 5.74) is 5.82. The van der Waals surface area contributed by atoms with Crippen molar-refractivity contribution >= 4 is 26.6 Å². The summed E-state index contributed by atoms with van der Waals surface area (Å²) < 4.78 is 31.4. The smallest absolute Gasteiger partial charge is 0.298 e.